The third-order valence-corrected chi connectivity index (χ3v) is 11.6. The standard InChI is InChI=1S/C47H47N9O7/c1-48-43(57)40-37(51-42(52-40)36-16-10-26-56(36)44(58)38(53-46(60)61)31-11-5-3-6-12-31)33-23-19-29(20-24-33)28-17-21-30(22-18-28)34-27-49-41(50-34)35-15-9-25-55(35)45(59)39(54-47(62)63-2)32-13-7-4-8-14-32/h3-8,11-14,17-24,27,35-36,38-39,53H,9-10,15-16,25-26H2,1-2H3,(H,48,57)(H,49,50)(H,51,52)(H,54,62)(H,60,61)/t35-,36-,38?,39?/m0/s1. The lowest BCUT2D eigenvalue weighted by Gasteiger charge is -2.28. The van der Waals surface area contributed by atoms with Crippen LogP contribution in [0.1, 0.15) is 83.1 Å². The Bertz CT molecular complexity index is 2600. The number of H-pyrrole nitrogens is 2. The minimum absolute atomic E-state index is 0.185. The number of likely N-dealkylation sites (tertiary alicyclic amines) is 2. The van der Waals surface area contributed by atoms with E-state index in [1.807, 2.05) is 66.7 Å². The van der Waals surface area contributed by atoms with Crippen molar-refractivity contribution in [1.82, 2.24) is 45.7 Å². The van der Waals surface area contributed by atoms with Crippen molar-refractivity contribution >= 4 is 29.9 Å². The monoisotopic (exact) mass is 849 g/mol. The molecule has 0 saturated carbocycles. The Morgan fingerprint density at radius 1 is 0.683 bits per heavy atom. The number of methoxy groups -OCH3 is 1. The van der Waals surface area contributed by atoms with Gasteiger partial charge in [0.05, 0.1) is 36.8 Å². The molecule has 8 rings (SSSR count). The molecule has 6 aromatic rings. The summed E-state index contributed by atoms with van der Waals surface area (Å²) in [4.78, 5) is 84.5. The Morgan fingerprint density at radius 3 is 1.71 bits per heavy atom. The van der Waals surface area contributed by atoms with Crippen LogP contribution in [0.2, 0.25) is 0 Å². The number of amides is 5. The van der Waals surface area contributed by atoms with Gasteiger partial charge in [0.1, 0.15) is 23.7 Å². The smallest absolute Gasteiger partial charge is 0.407 e. The topological polar surface area (TPSA) is 215 Å². The molecule has 2 unspecified atom stereocenters. The van der Waals surface area contributed by atoms with Crippen molar-refractivity contribution in [2.75, 3.05) is 27.2 Å². The lowest BCUT2D eigenvalue weighted by atomic mass is 10.0. The molecule has 4 aromatic carbocycles. The second-order valence-corrected chi connectivity index (χ2v) is 15.4. The fourth-order valence-electron chi connectivity index (χ4n) is 8.49. The highest BCUT2D eigenvalue weighted by Crippen LogP contribution is 2.37. The largest absolute Gasteiger partial charge is 0.465 e. The fraction of sp³-hybridized carbons (Fsp3) is 0.255. The van der Waals surface area contributed by atoms with Gasteiger partial charge in [-0.1, -0.05) is 109 Å². The summed E-state index contributed by atoms with van der Waals surface area (Å²) in [6.45, 7) is 0.930. The first-order valence-electron chi connectivity index (χ1n) is 20.8. The number of benzene rings is 4. The first-order valence-corrected chi connectivity index (χ1v) is 20.8. The molecule has 16 nitrogen and oxygen atoms in total. The Balaban J connectivity index is 0.980. The van der Waals surface area contributed by atoms with Crippen LogP contribution in [0.25, 0.3) is 33.6 Å². The van der Waals surface area contributed by atoms with E-state index < -0.39 is 36.2 Å². The van der Waals surface area contributed by atoms with Crippen LogP contribution in [0.3, 0.4) is 0 Å². The first kappa shape index (κ1) is 42.0. The van der Waals surface area contributed by atoms with Gasteiger partial charge in [0.2, 0.25) is 0 Å². The number of aromatic nitrogens is 4. The summed E-state index contributed by atoms with van der Waals surface area (Å²) < 4.78 is 4.82. The second-order valence-electron chi connectivity index (χ2n) is 15.4. The summed E-state index contributed by atoms with van der Waals surface area (Å²) in [7, 11) is 2.80. The number of nitrogens with one attached hydrogen (secondary N) is 5. The van der Waals surface area contributed by atoms with Crippen LogP contribution in [0.4, 0.5) is 9.59 Å². The molecule has 5 amide bonds. The number of alkyl carbamates (subject to hydrolysis) is 1. The van der Waals surface area contributed by atoms with E-state index in [4.69, 9.17) is 9.72 Å². The van der Waals surface area contributed by atoms with Crippen LogP contribution >= 0.6 is 0 Å². The van der Waals surface area contributed by atoms with E-state index in [-0.39, 0.29) is 23.6 Å². The van der Waals surface area contributed by atoms with Crippen molar-refractivity contribution in [3.05, 3.63) is 144 Å². The molecule has 0 aliphatic carbocycles. The van der Waals surface area contributed by atoms with Crippen molar-refractivity contribution in [2.24, 2.45) is 0 Å². The molecule has 2 aliphatic heterocycles. The highest BCUT2D eigenvalue weighted by atomic mass is 16.5. The fourth-order valence-corrected chi connectivity index (χ4v) is 8.49. The predicted molar refractivity (Wildman–Crippen MR) is 233 cm³/mol. The molecule has 4 heterocycles. The number of carbonyl (C=O) groups excluding carboxylic acids is 4. The number of nitrogens with zero attached hydrogens (tertiary/aromatic N) is 4. The molecule has 0 radical (unpaired) electrons. The Hall–Kier alpha value is -7.75. The third-order valence-electron chi connectivity index (χ3n) is 11.6. The van der Waals surface area contributed by atoms with Gasteiger partial charge in [-0.2, -0.15) is 0 Å². The molecule has 2 fully saturated rings. The number of carboxylic acid groups (broad SMARTS) is 1. The van der Waals surface area contributed by atoms with Gasteiger partial charge in [0.15, 0.2) is 5.69 Å². The van der Waals surface area contributed by atoms with Gasteiger partial charge in [0.25, 0.3) is 17.7 Å². The number of hydrogen-bond acceptors (Lipinski definition) is 8. The van der Waals surface area contributed by atoms with Crippen LogP contribution in [0.15, 0.2) is 115 Å². The van der Waals surface area contributed by atoms with Gasteiger partial charge < -0.3 is 45.6 Å². The summed E-state index contributed by atoms with van der Waals surface area (Å²) in [5, 5.41) is 17.3. The van der Waals surface area contributed by atoms with Crippen LogP contribution in [-0.4, -0.2) is 92.0 Å². The van der Waals surface area contributed by atoms with Crippen LogP contribution < -0.4 is 16.0 Å². The van der Waals surface area contributed by atoms with E-state index in [0.717, 1.165) is 40.8 Å². The van der Waals surface area contributed by atoms with Gasteiger partial charge in [-0.25, -0.2) is 19.6 Å². The summed E-state index contributed by atoms with van der Waals surface area (Å²) >= 11 is 0. The van der Waals surface area contributed by atoms with Gasteiger partial charge in [-0.05, 0) is 53.5 Å². The zero-order valence-electron chi connectivity index (χ0n) is 34.7. The number of carbonyl (C=O) groups is 5. The number of imidazole rings is 2. The van der Waals surface area contributed by atoms with Gasteiger partial charge in [0, 0.05) is 25.7 Å². The molecular weight excluding hydrogens is 803 g/mol. The van der Waals surface area contributed by atoms with Gasteiger partial charge in [-0.15, -0.1) is 0 Å². The molecule has 6 N–H and O–H groups in total. The quantitative estimate of drug-likeness (QED) is 0.0752. The van der Waals surface area contributed by atoms with Crippen molar-refractivity contribution in [1.29, 1.82) is 0 Å². The Kier molecular flexibility index (Phi) is 12.3. The highest BCUT2D eigenvalue weighted by molar-refractivity contribution is 5.98. The first-order chi connectivity index (χ1) is 30.6. The van der Waals surface area contributed by atoms with E-state index in [2.05, 4.69) is 30.9 Å². The lowest BCUT2D eigenvalue weighted by Crippen LogP contribution is -2.42. The molecule has 0 spiro atoms. The maximum absolute atomic E-state index is 13.9. The summed E-state index contributed by atoms with van der Waals surface area (Å²) in [5.74, 6) is 0.0793. The summed E-state index contributed by atoms with van der Waals surface area (Å²) in [6.07, 6.45) is 2.54. The summed E-state index contributed by atoms with van der Waals surface area (Å²) in [6, 6.07) is 30.8. The zero-order valence-corrected chi connectivity index (χ0v) is 34.7. The lowest BCUT2D eigenvalue weighted by molar-refractivity contribution is -0.135. The Labute approximate surface area is 363 Å². The second kappa shape index (κ2) is 18.5. The number of hydrogen-bond donors (Lipinski definition) is 6. The molecule has 16 heteroatoms. The van der Waals surface area contributed by atoms with Crippen molar-refractivity contribution < 1.29 is 33.8 Å². The summed E-state index contributed by atoms with van der Waals surface area (Å²) in [5.41, 5.74) is 6.20. The van der Waals surface area contributed by atoms with E-state index in [0.29, 0.717) is 54.4 Å². The highest BCUT2D eigenvalue weighted by Gasteiger charge is 2.39. The average Bonchev–Trinajstić information content (AvgIpc) is 4.17. The maximum atomic E-state index is 13.9. The normalized spacial score (nSPS) is 16.9. The minimum Gasteiger partial charge on any atom is -0.465 e. The molecule has 0 bridgehead atoms. The molecular formula is C47H47N9O7. The molecule has 2 saturated heterocycles. The van der Waals surface area contributed by atoms with Crippen molar-refractivity contribution in [3.8, 4) is 33.6 Å². The van der Waals surface area contributed by atoms with Crippen molar-refractivity contribution in [3.63, 3.8) is 0 Å². The van der Waals surface area contributed by atoms with E-state index in [9.17, 15) is 29.1 Å². The number of aromatic amines is 2. The molecule has 63 heavy (non-hydrogen) atoms. The molecule has 4 atom stereocenters. The van der Waals surface area contributed by atoms with E-state index in [1.165, 1.54) is 14.2 Å². The average molecular weight is 850 g/mol. The number of ether oxygens (including phenoxy) is 1. The van der Waals surface area contributed by atoms with Gasteiger partial charge in [-0.3, -0.25) is 14.4 Å². The van der Waals surface area contributed by atoms with Crippen LogP contribution in [0.5, 0.6) is 0 Å². The molecule has 2 aromatic heterocycles. The van der Waals surface area contributed by atoms with E-state index >= 15 is 0 Å². The zero-order chi connectivity index (χ0) is 44.0. The van der Waals surface area contributed by atoms with Crippen molar-refractivity contribution in [2.45, 2.75) is 49.9 Å². The predicted octanol–water partition coefficient (Wildman–Crippen LogP) is 6.93. The Morgan fingerprint density at radius 2 is 1.19 bits per heavy atom. The maximum Gasteiger partial charge on any atom is 0.407 e. The number of rotatable bonds is 12. The van der Waals surface area contributed by atoms with Crippen LogP contribution in [0, 0.1) is 0 Å². The molecule has 322 valence electrons. The minimum atomic E-state index is -1.31. The third kappa shape index (κ3) is 8.87. The SMILES string of the molecule is CNC(=O)c1nc([C@@H]2CCCN2C(=O)C(NC(=O)O)c2ccccc2)[nH]c1-c1ccc(-c2ccc(-c3cnc([C@@H]4CCCN4C(=O)C(NC(=O)OC)c4ccccc4)[nH]3)cc2)cc1. The van der Waals surface area contributed by atoms with Crippen LogP contribution in [-0.2, 0) is 14.3 Å². The molecule has 2 aliphatic rings. The van der Waals surface area contributed by atoms with Gasteiger partial charge >= 0.3 is 12.2 Å². The van der Waals surface area contributed by atoms with E-state index in [1.54, 1.807) is 58.5 Å².